The average molecular weight is 478 g/mol. The largest absolute Gasteiger partial charge is 0.269 e. The number of hydrogen-bond acceptors (Lipinski definition) is 6. The van der Waals surface area contributed by atoms with E-state index in [0.717, 1.165) is 21.1 Å². The van der Waals surface area contributed by atoms with Crippen molar-refractivity contribution in [3.05, 3.63) is 74.4 Å². The van der Waals surface area contributed by atoms with Gasteiger partial charge in [-0.2, -0.15) is 4.31 Å². The van der Waals surface area contributed by atoms with E-state index in [1.807, 2.05) is 31.2 Å². The highest BCUT2D eigenvalue weighted by atomic mass is 35.5. The van der Waals surface area contributed by atoms with Crippen molar-refractivity contribution in [2.75, 3.05) is 13.1 Å². The molecule has 1 aliphatic heterocycles. The molecule has 7 nitrogen and oxygen atoms in total. The lowest BCUT2D eigenvalue weighted by Gasteiger charge is -2.30. The number of thiazole rings is 1. The number of sulfonamides is 1. The molecule has 0 spiro atoms. The van der Waals surface area contributed by atoms with E-state index in [2.05, 4.69) is 0 Å². The SMILES string of the molecule is Cc1nc(C2CCN(S(=O)(=O)c3ccc([N+](=O)[O-])cc3)CC2)sc1-c1ccc(Cl)cc1. The second-order valence-corrected chi connectivity index (χ2v) is 10.8. The molecule has 10 heteroatoms. The number of aromatic nitrogens is 1. The third kappa shape index (κ3) is 4.50. The van der Waals surface area contributed by atoms with Crippen LogP contribution in [0.1, 0.15) is 29.5 Å². The van der Waals surface area contributed by atoms with Gasteiger partial charge in [0.15, 0.2) is 0 Å². The molecule has 2 aromatic carbocycles. The molecule has 0 aliphatic carbocycles. The van der Waals surface area contributed by atoms with E-state index in [0.29, 0.717) is 31.0 Å². The molecular formula is C21H20ClN3O4S2. The van der Waals surface area contributed by atoms with Gasteiger partial charge >= 0.3 is 0 Å². The lowest BCUT2D eigenvalue weighted by Crippen LogP contribution is -2.37. The first kappa shape index (κ1) is 21.9. The van der Waals surface area contributed by atoms with E-state index in [1.165, 1.54) is 28.6 Å². The summed E-state index contributed by atoms with van der Waals surface area (Å²) >= 11 is 7.63. The number of halogens is 1. The highest BCUT2D eigenvalue weighted by molar-refractivity contribution is 7.89. The Labute approximate surface area is 189 Å². The Morgan fingerprint density at radius 1 is 1.10 bits per heavy atom. The summed E-state index contributed by atoms with van der Waals surface area (Å²) in [5.41, 5.74) is 1.90. The van der Waals surface area contributed by atoms with Crippen LogP contribution in [0.15, 0.2) is 53.4 Å². The van der Waals surface area contributed by atoms with Gasteiger partial charge in [-0.1, -0.05) is 23.7 Å². The Morgan fingerprint density at radius 3 is 2.29 bits per heavy atom. The van der Waals surface area contributed by atoms with Gasteiger partial charge in [0.25, 0.3) is 5.69 Å². The average Bonchev–Trinajstić information content (AvgIpc) is 3.16. The van der Waals surface area contributed by atoms with Gasteiger partial charge in [-0.25, -0.2) is 13.4 Å². The van der Waals surface area contributed by atoms with Gasteiger partial charge in [0.1, 0.15) is 0 Å². The third-order valence-corrected chi connectivity index (χ3v) is 8.94. The van der Waals surface area contributed by atoms with E-state index in [1.54, 1.807) is 11.3 Å². The molecule has 4 rings (SSSR count). The normalized spacial score (nSPS) is 15.8. The van der Waals surface area contributed by atoms with Crippen LogP contribution in [0.3, 0.4) is 0 Å². The number of benzene rings is 2. The molecular weight excluding hydrogens is 458 g/mol. The lowest BCUT2D eigenvalue weighted by molar-refractivity contribution is -0.384. The molecule has 0 bridgehead atoms. The summed E-state index contributed by atoms with van der Waals surface area (Å²) in [6.45, 7) is 2.76. The Kier molecular flexibility index (Phi) is 6.11. The van der Waals surface area contributed by atoms with Gasteiger partial charge in [-0.15, -0.1) is 11.3 Å². The van der Waals surface area contributed by atoms with Crippen LogP contribution >= 0.6 is 22.9 Å². The van der Waals surface area contributed by atoms with Crippen molar-refractivity contribution in [2.45, 2.75) is 30.6 Å². The molecule has 0 atom stereocenters. The second kappa shape index (κ2) is 8.66. The molecule has 0 unspecified atom stereocenters. The van der Waals surface area contributed by atoms with Crippen LogP contribution in [0, 0.1) is 17.0 Å². The second-order valence-electron chi connectivity index (χ2n) is 7.40. The first-order valence-electron chi connectivity index (χ1n) is 9.73. The Bertz CT molecular complexity index is 1200. The summed E-state index contributed by atoms with van der Waals surface area (Å²) in [7, 11) is -3.68. The van der Waals surface area contributed by atoms with Gasteiger partial charge in [-0.3, -0.25) is 10.1 Å². The molecule has 2 heterocycles. The van der Waals surface area contributed by atoms with E-state index in [9.17, 15) is 18.5 Å². The summed E-state index contributed by atoms with van der Waals surface area (Å²) in [5.74, 6) is 0.202. The maximum Gasteiger partial charge on any atom is 0.269 e. The number of non-ortho nitro benzene ring substituents is 1. The highest BCUT2D eigenvalue weighted by Crippen LogP contribution is 2.38. The topological polar surface area (TPSA) is 93.4 Å². The van der Waals surface area contributed by atoms with Gasteiger partial charge in [0.05, 0.1) is 25.4 Å². The molecule has 162 valence electrons. The number of nitro benzene ring substituents is 1. The highest BCUT2D eigenvalue weighted by Gasteiger charge is 2.31. The molecule has 0 saturated carbocycles. The molecule has 1 fully saturated rings. The molecule has 1 aliphatic rings. The monoisotopic (exact) mass is 477 g/mol. The third-order valence-electron chi connectivity index (χ3n) is 5.41. The maximum absolute atomic E-state index is 12.9. The molecule has 0 amide bonds. The fourth-order valence-corrected chi connectivity index (χ4v) is 6.53. The first-order valence-corrected chi connectivity index (χ1v) is 12.4. The van der Waals surface area contributed by atoms with Gasteiger partial charge in [-0.05, 0) is 49.6 Å². The fourth-order valence-electron chi connectivity index (χ4n) is 3.69. The summed E-state index contributed by atoms with van der Waals surface area (Å²) in [6, 6.07) is 12.7. The Balaban J connectivity index is 1.47. The maximum atomic E-state index is 12.9. The molecule has 1 saturated heterocycles. The van der Waals surface area contributed by atoms with Crippen molar-refractivity contribution >= 4 is 38.6 Å². The summed E-state index contributed by atoms with van der Waals surface area (Å²) < 4.78 is 27.3. The minimum atomic E-state index is -3.68. The summed E-state index contributed by atoms with van der Waals surface area (Å²) in [4.78, 5) is 16.2. The molecule has 0 N–H and O–H groups in total. The van der Waals surface area contributed by atoms with Crippen molar-refractivity contribution in [3.8, 4) is 10.4 Å². The first-order chi connectivity index (χ1) is 14.8. The standard InChI is InChI=1S/C21H20ClN3O4S2/c1-14-20(15-2-4-17(22)5-3-15)30-21(23-14)16-10-12-24(13-11-16)31(28,29)19-8-6-18(7-9-19)25(26)27/h2-9,16H,10-13H2,1H3. The van der Waals surface area contributed by atoms with Crippen LogP contribution in [-0.4, -0.2) is 35.7 Å². The Morgan fingerprint density at radius 2 is 1.71 bits per heavy atom. The number of nitrogens with zero attached hydrogens (tertiary/aromatic N) is 3. The minimum Gasteiger partial charge on any atom is -0.258 e. The zero-order chi connectivity index (χ0) is 22.2. The van der Waals surface area contributed by atoms with Crippen molar-refractivity contribution in [1.82, 2.24) is 9.29 Å². The quantitative estimate of drug-likeness (QED) is 0.369. The van der Waals surface area contributed by atoms with Crippen molar-refractivity contribution in [2.24, 2.45) is 0 Å². The van der Waals surface area contributed by atoms with Crippen molar-refractivity contribution in [3.63, 3.8) is 0 Å². The van der Waals surface area contributed by atoms with Gasteiger partial charge in [0.2, 0.25) is 10.0 Å². The van der Waals surface area contributed by atoms with E-state index < -0.39 is 14.9 Å². The van der Waals surface area contributed by atoms with Crippen LogP contribution in [0.25, 0.3) is 10.4 Å². The number of rotatable bonds is 5. The fraction of sp³-hybridized carbons (Fsp3) is 0.286. The predicted molar refractivity (Wildman–Crippen MR) is 121 cm³/mol. The lowest BCUT2D eigenvalue weighted by atomic mass is 9.99. The van der Waals surface area contributed by atoms with Crippen LogP contribution in [-0.2, 0) is 10.0 Å². The van der Waals surface area contributed by atoms with E-state index >= 15 is 0 Å². The zero-order valence-electron chi connectivity index (χ0n) is 16.7. The number of piperidine rings is 1. The van der Waals surface area contributed by atoms with Gasteiger partial charge in [0, 0.05) is 36.2 Å². The Hall–Kier alpha value is -2.33. The van der Waals surface area contributed by atoms with Crippen LogP contribution in [0.2, 0.25) is 5.02 Å². The number of aryl methyl sites for hydroxylation is 1. The van der Waals surface area contributed by atoms with Crippen LogP contribution in [0.5, 0.6) is 0 Å². The molecule has 3 aromatic rings. The van der Waals surface area contributed by atoms with Crippen LogP contribution < -0.4 is 0 Å². The smallest absolute Gasteiger partial charge is 0.258 e. The van der Waals surface area contributed by atoms with Crippen molar-refractivity contribution < 1.29 is 13.3 Å². The van der Waals surface area contributed by atoms with E-state index in [-0.39, 0.29) is 16.5 Å². The minimum absolute atomic E-state index is 0.0756. The molecule has 1 aromatic heterocycles. The van der Waals surface area contributed by atoms with Gasteiger partial charge < -0.3 is 0 Å². The molecule has 0 radical (unpaired) electrons. The number of hydrogen-bond donors (Lipinski definition) is 0. The summed E-state index contributed by atoms with van der Waals surface area (Å²) in [6.07, 6.45) is 1.36. The predicted octanol–water partition coefficient (Wildman–Crippen LogP) is 5.25. The summed E-state index contributed by atoms with van der Waals surface area (Å²) in [5, 5.41) is 12.5. The van der Waals surface area contributed by atoms with E-state index in [4.69, 9.17) is 16.6 Å². The zero-order valence-corrected chi connectivity index (χ0v) is 19.1. The number of nitro groups is 1. The van der Waals surface area contributed by atoms with Crippen LogP contribution in [0.4, 0.5) is 5.69 Å². The van der Waals surface area contributed by atoms with Crippen molar-refractivity contribution in [1.29, 1.82) is 0 Å². The molecule has 31 heavy (non-hydrogen) atoms.